The van der Waals surface area contributed by atoms with Gasteiger partial charge in [0, 0.05) is 5.56 Å². The lowest BCUT2D eigenvalue weighted by molar-refractivity contribution is 0.0563. The van der Waals surface area contributed by atoms with Crippen LogP contribution in [0.25, 0.3) is 11.1 Å². The molecule has 0 fully saturated rings. The Balaban J connectivity index is 1.98. The minimum Gasteiger partial charge on any atom is -0.444 e. The maximum Gasteiger partial charge on any atom is 0.413 e. The average Bonchev–Trinajstić information content (AvgIpc) is 3.24. The maximum absolute atomic E-state index is 13.6. The van der Waals surface area contributed by atoms with Crippen LogP contribution in [-0.4, -0.2) is 38.5 Å². The van der Waals surface area contributed by atoms with Crippen LogP contribution in [0.5, 0.6) is 0 Å². The molecule has 2 N–H and O–H groups in total. The fraction of sp³-hybridized carbons (Fsp3) is 0.240. The van der Waals surface area contributed by atoms with Crippen LogP contribution in [0.1, 0.15) is 41.6 Å². The summed E-state index contributed by atoms with van der Waals surface area (Å²) < 4.78 is 32.9. The van der Waals surface area contributed by atoms with Gasteiger partial charge in [-0.25, -0.2) is 13.2 Å². The predicted molar refractivity (Wildman–Crippen MR) is 140 cm³/mol. The van der Waals surface area contributed by atoms with Crippen LogP contribution in [0.4, 0.5) is 4.79 Å². The molecule has 0 unspecified atom stereocenters. The summed E-state index contributed by atoms with van der Waals surface area (Å²) >= 11 is 2.36. The van der Waals surface area contributed by atoms with Crippen LogP contribution < -0.4 is 5.32 Å². The van der Waals surface area contributed by atoms with Crippen LogP contribution in [0, 0.1) is 12.3 Å². The number of alkyl carbamates (subject to hydrolysis) is 1. The van der Waals surface area contributed by atoms with Crippen LogP contribution in [0.2, 0.25) is 0 Å². The lowest BCUT2D eigenvalue weighted by Crippen LogP contribution is -2.36. The molecule has 7 nitrogen and oxygen atoms in total. The third-order valence-electron chi connectivity index (χ3n) is 4.97. The molecule has 1 amide bonds. The Bertz CT molecular complexity index is 1400. The lowest BCUT2D eigenvalue weighted by Gasteiger charge is -2.19. The normalized spacial score (nSPS) is 11.7. The van der Waals surface area contributed by atoms with Crippen molar-refractivity contribution in [2.45, 2.75) is 47.3 Å². The van der Waals surface area contributed by atoms with Gasteiger partial charge in [0.25, 0.3) is 0 Å². The number of aldehydes is 1. The summed E-state index contributed by atoms with van der Waals surface area (Å²) in [5.41, 5.74) is 2.02. The van der Waals surface area contributed by atoms with Crippen molar-refractivity contribution >= 4 is 51.2 Å². The van der Waals surface area contributed by atoms with E-state index in [0.29, 0.717) is 20.2 Å². The number of hydrogen-bond acceptors (Lipinski definition) is 8. The Morgan fingerprint density at radius 3 is 2.46 bits per heavy atom. The van der Waals surface area contributed by atoms with Gasteiger partial charge in [-0.1, -0.05) is 30.3 Å². The third-order valence-corrected chi connectivity index (χ3v) is 9.29. The summed E-state index contributed by atoms with van der Waals surface area (Å²) in [6, 6.07) is 13.3. The summed E-state index contributed by atoms with van der Waals surface area (Å²) in [7, 11) is -3.93. The number of thiophene rings is 1. The molecule has 2 aromatic carbocycles. The van der Waals surface area contributed by atoms with E-state index in [9.17, 15) is 18.0 Å². The van der Waals surface area contributed by atoms with E-state index in [-0.39, 0.29) is 15.6 Å². The van der Waals surface area contributed by atoms with Gasteiger partial charge >= 0.3 is 6.09 Å². The van der Waals surface area contributed by atoms with Gasteiger partial charge in [-0.05, 0) is 68.8 Å². The summed E-state index contributed by atoms with van der Waals surface area (Å²) in [5.74, 6) is -0.240. The van der Waals surface area contributed by atoms with Gasteiger partial charge in [0.1, 0.15) is 17.7 Å². The van der Waals surface area contributed by atoms with E-state index in [1.807, 2.05) is 13.0 Å². The predicted octanol–water partition coefficient (Wildman–Crippen LogP) is 5.94. The number of nitrogens with one attached hydrogen (secondary N) is 2. The Hall–Kier alpha value is -2.95. The number of rotatable bonds is 6. The molecular formula is C25H26N2O5S3. The molecule has 3 aromatic rings. The van der Waals surface area contributed by atoms with E-state index >= 15 is 0 Å². The van der Waals surface area contributed by atoms with Crippen molar-refractivity contribution in [1.29, 1.82) is 5.41 Å². The number of amides is 1. The molecule has 0 aliphatic rings. The van der Waals surface area contributed by atoms with Crippen molar-refractivity contribution in [1.82, 2.24) is 5.32 Å². The fourth-order valence-electron chi connectivity index (χ4n) is 3.33. The summed E-state index contributed by atoms with van der Waals surface area (Å²) in [4.78, 5) is 23.8. The number of carbonyl (C=O) groups is 2. The molecule has 0 saturated heterocycles. The first kappa shape index (κ1) is 26.7. The van der Waals surface area contributed by atoms with Crippen LogP contribution in [0.3, 0.4) is 0 Å². The number of carbonyl (C=O) groups excluding carboxylic acids is 2. The lowest BCUT2D eigenvalue weighted by atomic mass is 9.97. The first-order valence-corrected chi connectivity index (χ1v) is 14.1. The minimum atomic E-state index is -3.93. The van der Waals surface area contributed by atoms with Gasteiger partial charge in [-0.3, -0.25) is 15.5 Å². The van der Waals surface area contributed by atoms with Crippen molar-refractivity contribution in [3.8, 4) is 11.1 Å². The molecule has 0 aliphatic carbocycles. The minimum absolute atomic E-state index is 0.0660. The van der Waals surface area contributed by atoms with Gasteiger partial charge in [-0.15, -0.1) is 23.1 Å². The molecule has 35 heavy (non-hydrogen) atoms. The first-order chi connectivity index (χ1) is 16.4. The zero-order valence-corrected chi connectivity index (χ0v) is 22.4. The van der Waals surface area contributed by atoms with Crippen molar-refractivity contribution in [2.75, 3.05) is 6.26 Å². The van der Waals surface area contributed by atoms with Gasteiger partial charge in [0.2, 0.25) is 9.84 Å². The fourth-order valence-corrected chi connectivity index (χ4v) is 7.28. The summed E-state index contributed by atoms with van der Waals surface area (Å²) in [6.07, 6.45) is 1.74. The number of hydrogen-bond donors (Lipinski definition) is 2. The summed E-state index contributed by atoms with van der Waals surface area (Å²) in [5, 5.41) is 10.6. The number of benzene rings is 2. The molecule has 3 rings (SSSR count). The van der Waals surface area contributed by atoms with Crippen LogP contribution in [0.15, 0.2) is 62.5 Å². The van der Waals surface area contributed by atoms with Gasteiger partial charge in [-0.2, -0.15) is 0 Å². The highest BCUT2D eigenvalue weighted by molar-refractivity contribution is 8.01. The Morgan fingerprint density at radius 1 is 1.14 bits per heavy atom. The van der Waals surface area contributed by atoms with E-state index in [1.165, 1.54) is 23.9 Å². The number of amidine groups is 1. The van der Waals surface area contributed by atoms with E-state index in [4.69, 9.17) is 10.1 Å². The first-order valence-electron chi connectivity index (χ1n) is 10.5. The Morgan fingerprint density at radius 2 is 1.83 bits per heavy atom. The van der Waals surface area contributed by atoms with Gasteiger partial charge < -0.3 is 4.74 Å². The molecule has 0 radical (unpaired) electrons. The van der Waals surface area contributed by atoms with Crippen LogP contribution in [-0.2, 0) is 14.6 Å². The second kappa shape index (κ2) is 10.3. The second-order valence-corrected chi connectivity index (χ2v) is 12.7. The quantitative estimate of drug-likeness (QED) is 0.176. The number of thioether (sulfide) groups is 1. The van der Waals surface area contributed by atoms with E-state index < -0.39 is 21.5 Å². The smallest absolute Gasteiger partial charge is 0.413 e. The molecule has 0 atom stereocenters. The maximum atomic E-state index is 13.6. The standard InChI is InChI=1S/C25H26N2O5S3/c1-15-17(14-28)9-7-11-19(15)16-8-6-10-18(12-16)35(30,31)21-13-20(34-23(21)33-5)22(26)27-24(29)32-25(2,3)4/h6-14H,1-5H3,(H2,26,27,29). The zero-order valence-electron chi connectivity index (χ0n) is 20.0. The Labute approximate surface area is 213 Å². The van der Waals surface area contributed by atoms with Crippen molar-refractivity contribution in [3.63, 3.8) is 0 Å². The van der Waals surface area contributed by atoms with E-state index in [0.717, 1.165) is 28.7 Å². The molecular weight excluding hydrogens is 504 g/mol. The van der Waals surface area contributed by atoms with Crippen molar-refractivity contribution in [3.05, 3.63) is 64.5 Å². The SMILES string of the molecule is CSc1sc(C(=N)NC(=O)OC(C)(C)C)cc1S(=O)(=O)c1cccc(-c2cccc(C=O)c2C)c1. The monoisotopic (exact) mass is 530 g/mol. The topological polar surface area (TPSA) is 113 Å². The number of sulfone groups is 1. The molecule has 10 heteroatoms. The molecule has 0 aliphatic heterocycles. The second-order valence-electron chi connectivity index (χ2n) is 8.64. The zero-order chi connectivity index (χ0) is 26.0. The van der Waals surface area contributed by atoms with Crippen molar-refractivity contribution in [2.24, 2.45) is 0 Å². The van der Waals surface area contributed by atoms with Gasteiger partial charge in [0.05, 0.1) is 18.9 Å². The molecule has 1 aromatic heterocycles. The molecule has 184 valence electrons. The molecule has 0 bridgehead atoms. The van der Waals surface area contributed by atoms with E-state index in [1.54, 1.807) is 57.4 Å². The van der Waals surface area contributed by atoms with Gasteiger partial charge in [0.15, 0.2) is 0 Å². The van der Waals surface area contributed by atoms with Crippen molar-refractivity contribution < 1.29 is 22.7 Å². The largest absolute Gasteiger partial charge is 0.444 e. The number of ether oxygens (including phenoxy) is 1. The molecule has 0 saturated carbocycles. The van der Waals surface area contributed by atoms with Crippen LogP contribution >= 0.6 is 23.1 Å². The highest BCUT2D eigenvalue weighted by Crippen LogP contribution is 2.38. The van der Waals surface area contributed by atoms with E-state index in [2.05, 4.69) is 5.32 Å². The highest BCUT2D eigenvalue weighted by Gasteiger charge is 2.27. The molecule has 1 heterocycles. The molecule has 0 spiro atoms. The summed E-state index contributed by atoms with van der Waals surface area (Å²) in [6.45, 7) is 6.95. The average molecular weight is 531 g/mol. The third kappa shape index (κ3) is 6.01. The Kier molecular flexibility index (Phi) is 7.88. The highest BCUT2D eigenvalue weighted by atomic mass is 32.2.